The number of carbonyl (C=O) groups excluding carboxylic acids is 1. The smallest absolute Gasteiger partial charge is 0.226 e. The molecule has 2 aromatic rings. The van der Waals surface area contributed by atoms with E-state index in [1.54, 1.807) is 6.07 Å². The van der Waals surface area contributed by atoms with Gasteiger partial charge in [0.05, 0.1) is 24.4 Å². The number of nitrogens with one attached hydrogen (secondary N) is 1. The van der Waals surface area contributed by atoms with Gasteiger partial charge in [-0.15, -0.1) is 0 Å². The first-order valence-corrected chi connectivity index (χ1v) is 7.74. The molecule has 0 bridgehead atoms. The van der Waals surface area contributed by atoms with E-state index in [0.717, 1.165) is 11.4 Å². The summed E-state index contributed by atoms with van der Waals surface area (Å²) in [5.74, 6) is 0.402. The number of halogens is 1. The van der Waals surface area contributed by atoms with Gasteiger partial charge in [0, 0.05) is 24.0 Å². The van der Waals surface area contributed by atoms with Crippen LogP contribution >= 0.6 is 11.6 Å². The van der Waals surface area contributed by atoms with Crippen molar-refractivity contribution in [2.45, 2.75) is 20.3 Å². The van der Waals surface area contributed by atoms with E-state index in [4.69, 9.17) is 16.3 Å². The number of carbonyl (C=O) groups is 1. The molecule has 2 rings (SSSR count). The molecule has 0 aliphatic heterocycles. The first-order chi connectivity index (χ1) is 10.6. The van der Waals surface area contributed by atoms with Crippen LogP contribution in [0, 0.1) is 5.92 Å². The summed E-state index contributed by atoms with van der Waals surface area (Å²) in [7, 11) is 0. The molecule has 0 unspecified atom stereocenters. The lowest BCUT2D eigenvalue weighted by atomic mass is 10.2. The van der Waals surface area contributed by atoms with Gasteiger partial charge in [0.15, 0.2) is 0 Å². The monoisotopic (exact) mass is 320 g/mol. The predicted molar refractivity (Wildman–Crippen MR) is 89.7 cm³/mol. The average Bonchev–Trinajstić information content (AvgIpc) is 2.99. The minimum atomic E-state index is -0.0699. The van der Waals surface area contributed by atoms with Gasteiger partial charge in [0.25, 0.3) is 0 Å². The summed E-state index contributed by atoms with van der Waals surface area (Å²) >= 11 is 6.06. The molecular weight excluding hydrogens is 300 g/mol. The van der Waals surface area contributed by atoms with Gasteiger partial charge in [-0.2, -0.15) is 0 Å². The SMILES string of the molecule is CC(C)COCCC(=O)Nc1ccc(Cl)cc1-n1cccc1. The van der Waals surface area contributed by atoms with Crippen molar-refractivity contribution in [2.75, 3.05) is 18.5 Å². The molecule has 1 heterocycles. The van der Waals surface area contributed by atoms with E-state index in [-0.39, 0.29) is 5.91 Å². The number of aromatic nitrogens is 1. The Hall–Kier alpha value is -1.78. The van der Waals surface area contributed by atoms with Gasteiger partial charge in [-0.25, -0.2) is 0 Å². The lowest BCUT2D eigenvalue weighted by molar-refractivity contribution is -0.117. The molecule has 22 heavy (non-hydrogen) atoms. The topological polar surface area (TPSA) is 43.3 Å². The van der Waals surface area contributed by atoms with Crippen LogP contribution in [-0.2, 0) is 9.53 Å². The predicted octanol–water partition coefficient (Wildman–Crippen LogP) is 4.13. The molecule has 0 saturated carbocycles. The Morgan fingerprint density at radius 2 is 2.05 bits per heavy atom. The Morgan fingerprint density at radius 1 is 1.32 bits per heavy atom. The molecule has 1 amide bonds. The van der Waals surface area contributed by atoms with E-state index in [9.17, 15) is 4.79 Å². The zero-order chi connectivity index (χ0) is 15.9. The molecule has 5 heteroatoms. The molecule has 1 N–H and O–H groups in total. The lowest BCUT2D eigenvalue weighted by Crippen LogP contribution is -2.16. The second-order valence-corrected chi connectivity index (χ2v) is 5.96. The summed E-state index contributed by atoms with van der Waals surface area (Å²) in [5.41, 5.74) is 1.57. The summed E-state index contributed by atoms with van der Waals surface area (Å²) in [5, 5.41) is 3.54. The molecule has 1 aromatic carbocycles. The van der Waals surface area contributed by atoms with Crippen molar-refractivity contribution in [3.05, 3.63) is 47.7 Å². The van der Waals surface area contributed by atoms with Crippen molar-refractivity contribution in [3.8, 4) is 5.69 Å². The summed E-state index contributed by atoms with van der Waals surface area (Å²) in [6.07, 6.45) is 4.15. The lowest BCUT2D eigenvalue weighted by Gasteiger charge is -2.13. The molecule has 4 nitrogen and oxygen atoms in total. The molecule has 0 saturated heterocycles. The van der Waals surface area contributed by atoms with Crippen LogP contribution in [-0.4, -0.2) is 23.7 Å². The van der Waals surface area contributed by atoms with Crippen LogP contribution in [0.5, 0.6) is 0 Å². The summed E-state index contributed by atoms with van der Waals surface area (Å²) in [6.45, 7) is 5.26. The molecule has 0 fully saturated rings. The van der Waals surface area contributed by atoms with Gasteiger partial charge in [-0.3, -0.25) is 4.79 Å². The Labute approximate surface area is 136 Å². The number of rotatable bonds is 7. The van der Waals surface area contributed by atoms with Crippen LogP contribution in [0.3, 0.4) is 0 Å². The van der Waals surface area contributed by atoms with Gasteiger partial charge in [-0.05, 0) is 36.2 Å². The number of hydrogen-bond donors (Lipinski definition) is 1. The van der Waals surface area contributed by atoms with Gasteiger partial charge in [0.2, 0.25) is 5.91 Å². The van der Waals surface area contributed by atoms with Crippen molar-refractivity contribution in [1.82, 2.24) is 4.57 Å². The molecule has 0 spiro atoms. The summed E-state index contributed by atoms with van der Waals surface area (Å²) in [4.78, 5) is 12.0. The van der Waals surface area contributed by atoms with Crippen molar-refractivity contribution in [3.63, 3.8) is 0 Å². The summed E-state index contributed by atoms with van der Waals surface area (Å²) < 4.78 is 7.35. The first-order valence-electron chi connectivity index (χ1n) is 7.36. The van der Waals surface area contributed by atoms with E-state index in [0.29, 0.717) is 30.6 Å². The minimum absolute atomic E-state index is 0.0699. The van der Waals surface area contributed by atoms with Crippen molar-refractivity contribution in [1.29, 1.82) is 0 Å². The van der Waals surface area contributed by atoms with Gasteiger partial charge in [0.1, 0.15) is 0 Å². The third-order valence-corrected chi connectivity index (χ3v) is 3.28. The van der Waals surface area contributed by atoms with E-state index in [2.05, 4.69) is 19.2 Å². The Balaban J connectivity index is 1.99. The zero-order valence-corrected chi connectivity index (χ0v) is 13.6. The number of anilines is 1. The zero-order valence-electron chi connectivity index (χ0n) is 12.9. The number of benzene rings is 1. The average molecular weight is 321 g/mol. The van der Waals surface area contributed by atoms with Crippen LogP contribution in [0.4, 0.5) is 5.69 Å². The molecular formula is C17H21ClN2O2. The highest BCUT2D eigenvalue weighted by Crippen LogP contribution is 2.24. The number of hydrogen-bond acceptors (Lipinski definition) is 2. The first kappa shape index (κ1) is 16.6. The Bertz CT molecular complexity index is 609. The van der Waals surface area contributed by atoms with Crippen LogP contribution < -0.4 is 5.32 Å². The van der Waals surface area contributed by atoms with Crippen LogP contribution in [0.15, 0.2) is 42.7 Å². The highest BCUT2D eigenvalue weighted by Gasteiger charge is 2.09. The van der Waals surface area contributed by atoms with Crippen LogP contribution in [0.2, 0.25) is 5.02 Å². The highest BCUT2D eigenvalue weighted by atomic mass is 35.5. The second kappa shape index (κ2) is 8.01. The fourth-order valence-electron chi connectivity index (χ4n) is 2.02. The van der Waals surface area contributed by atoms with Gasteiger partial charge in [-0.1, -0.05) is 25.4 Å². The fourth-order valence-corrected chi connectivity index (χ4v) is 2.18. The maximum absolute atomic E-state index is 12.0. The highest BCUT2D eigenvalue weighted by molar-refractivity contribution is 6.30. The van der Waals surface area contributed by atoms with Crippen molar-refractivity contribution >= 4 is 23.2 Å². The number of ether oxygens (including phenoxy) is 1. The third kappa shape index (κ3) is 4.90. The third-order valence-electron chi connectivity index (χ3n) is 3.04. The Kier molecular flexibility index (Phi) is 6.04. The summed E-state index contributed by atoms with van der Waals surface area (Å²) in [6, 6.07) is 9.24. The van der Waals surface area contributed by atoms with E-state index in [1.165, 1.54) is 0 Å². The van der Waals surface area contributed by atoms with E-state index >= 15 is 0 Å². The van der Waals surface area contributed by atoms with Gasteiger partial charge >= 0.3 is 0 Å². The van der Waals surface area contributed by atoms with Crippen LogP contribution in [0.1, 0.15) is 20.3 Å². The number of amides is 1. The molecule has 118 valence electrons. The van der Waals surface area contributed by atoms with E-state index < -0.39 is 0 Å². The molecule has 0 aliphatic carbocycles. The maximum atomic E-state index is 12.0. The largest absolute Gasteiger partial charge is 0.381 e. The van der Waals surface area contributed by atoms with Crippen molar-refractivity contribution in [2.24, 2.45) is 5.92 Å². The molecule has 0 atom stereocenters. The minimum Gasteiger partial charge on any atom is -0.381 e. The van der Waals surface area contributed by atoms with Crippen molar-refractivity contribution < 1.29 is 9.53 Å². The number of nitrogens with zero attached hydrogens (tertiary/aromatic N) is 1. The maximum Gasteiger partial charge on any atom is 0.226 e. The van der Waals surface area contributed by atoms with E-state index in [1.807, 2.05) is 41.2 Å². The second-order valence-electron chi connectivity index (χ2n) is 5.52. The standard InChI is InChI=1S/C17H21ClN2O2/c1-13(2)12-22-10-7-17(21)19-15-6-5-14(18)11-16(15)20-8-3-4-9-20/h3-6,8-9,11,13H,7,10,12H2,1-2H3,(H,19,21). The Morgan fingerprint density at radius 3 is 2.73 bits per heavy atom. The molecule has 0 aliphatic rings. The fraction of sp³-hybridized carbons (Fsp3) is 0.353. The van der Waals surface area contributed by atoms with Gasteiger partial charge < -0.3 is 14.6 Å². The van der Waals surface area contributed by atoms with Crippen LogP contribution in [0.25, 0.3) is 5.69 Å². The molecule has 0 radical (unpaired) electrons. The normalized spacial score (nSPS) is 10.9. The molecule has 1 aromatic heterocycles. The quantitative estimate of drug-likeness (QED) is 0.779.